The van der Waals surface area contributed by atoms with Crippen LogP contribution >= 0.6 is 23.4 Å². The molecule has 1 unspecified atom stereocenters. The SMILES string of the molecule is CSc1nc(Cl)cc(N(C)CC2CCCOC2)n1. The zero-order valence-corrected chi connectivity index (χ0v) is 12.3. The first-order valence-corrected chi connectivity index (χ1v) is 7.66. The van der Waals surface area contributed by atoms with E-state index in [9.17, 15) is 0 Å². The van der Waals surface area contributed by atoms with Gasteiger partial charge in [-0.3, -0.25) is 0 Å². The van der Waals surface area contributed by atoms with Gasteiger partial charge in [0.05, 0.1) is 6.61 Å². The van der Waals surface area contributed by atoms with Crippen LogP contribution in [0.5, 0.6) is 0 Å². The molecule has 4 nitrogen and oxygen atoms in total. The average Bonchev–Trinajstić information content (AvgIpc) is 2.39. The van der Waals surface area contributed by atoms with E-state index in [0.717, 1.165) is 32.0 Å². The molecule has 0 N–H and O–H groups in total. The van der Waals surface area contributed by atoms with E-state index in [4.69, 9.17) is 16.3 Å². The minimum absolute atomic E-state index is 0.496. The fourth-order valence-electron chi connectivity index (χ4n) is 2.10. The second kappa shape index (κ2) is 6.59. The van der Waals surface area contributed by atoms with Gasteiger partial charge >= 0.3 is 0 Å². The zero-order chi connectivity index (χ0) is 13.0. The number of hydrogen-bond acceptors (Lipinski definition) is 5. The van der Waals surface area contributed by atoms with Gasteiger partial charge in [0.25, 0.3) is 0 Å². The Morgan fingerprint density at radius 3 is 3.06 bits per heavy atom. The van der Waals surface area contributed by atoms with Crippen LogP contribution in [0, 0.1) is 5.92 Å². The van der Waals surface area contributed by atoms with Crippen molar-refractivity contribution < 1.29 is 4.74 Å². The quantitative estimate of drug-likeness (QED) is 0.484. The maximum atomic E-state index is 6.00. The summed E-state index contributed by atoms with van der Waals surface area (Å²) in [5.41, 5.74) is 0. The monoisotopic (exact) mass is 287 g/mol. The standard InChI is InChI=1S/C12H18ClN3OS/c1-16(7-9-4-3-5-17-8-9)11-6-10(13)14-12(15-11)18-2/h6,9H,3-5,7-8H2,1-2H3. The molecule has 1 saturated heterocycles. The van der Waals surface area contributed by atoms with E-state index in [1.54, 1.807) is 0 Å². The Morgan fingerprint density at radius 1 is 1.56 bits per heavy atom. The van der Waals surface area contributed by atoms with Gasteiger partial charge in [-0.05, 0) is 25.0 Å². The van der Waals surface area contributed by atoms with Crippen molar-refractivity contribution in [2.24, 2.45) is 5.92 Å². The molecule has 0 bridgehead atoms. The highest BCUT2D eigenvalue weighted by atomic mass is 35.5. The molecule has 1 aromatic heterocycles. The summed E-state index contributed by atoms with van der Waals surface area (Å²) in [6.45, 7) is 2.69. The summed E-state index contributed by atoms with van der Waals surface area (Å²) in [6, 6.07) is 1.81. The van der Waals surface area contributed by atoms with E-state index >= 15 is 0 Å². The van der Waals surface area contributed by atoms with Crippen LogP contribution in [0.2, 0.25) is 5.15 Å². The minimum Gasteiger partial charge on any atom is -0.381 e. The number of nitrogens with zero attached hydrogens (tertiary/aromatic N) is 3. The normalized spacial score (nSPS) is 19.8. The first-order valence-electron chi connectivity index (χ1n) is 6.06. The maximum Gasteiger partial charge on any atom is 0.190 e. The Labute approximate surface area is 117 Å². The molecule has 6 heteroatoms. The topological polar surface area (TPSA) is 38.2 Å². The molecule has 0 spiro atoms. The third-order valence-electron chi connectivity index (χ3n) is 3.02. The molecule has 0 saturated carbocycles. The number of aromatic nitrogens is 2. The molecule has 0 radical (unpaired) electrons. The lowest BCUT2D eigenvalue weighted by Gasteiger charge is -2.27. The smallest absolute Gasteiger partial charge is 0.190 e. The zero-order valence-electron chi connectivity index (χ0n) is 10.7. The van der Waals surface area contributed by atoms with E-state index in [1.165, 1.54) is 18.2 Å². The molecule has 1 aliphatic rings. The lowest BCUT2D eigenvalue weighted by atomic mass is 10.0. The van der Waals surface area contributed by atoms with Gasteiger partial charge < -0.3 is 9.64 Å². The number of thioether (sulfide) groups is 1. The summed E-state index contributed by atoms with van der Waals surface area (Å²) in [4.78, 5) is 10.7. The summed E-state index contributed by atoms with van der Waals surface area (Å²) in [5.74, 6) is 1.46. The minimum atomic E-state index is 0.496. The van der Waals surface area contributed by atoms with Crippen molar-refractivity contribution in [2.75, 3.05) is 38.0 Å². The number of rotatable bonds is 4. The van der Waals surface area contributed by atoms with Crippen LogP contribution in [-0.4, -0.2) is 43.0 Å². The van der Waals surface area contributed by atoms with Crippen molar-refractivity contribution in [1.82, 2.24) is 9.97 Å². The summed E-state index contributed by atoms with van der Waals surface area (Å²) in [5, 5.41) is 1.21. The van der Waals surface area contributed by atoms with Gasteiger partial charge in [0.2, 0.25) is 0 Å². The van der Waals surface area contributed by atoms with Gasteiger partial charge in [-0.15, -0.1) is 0 Å². The van der Waals surface area contributed by atoms with Crippen molar-refractivity contribution in [3.63, 3.8) is 0 Å². The fourth-order valence-corrected chi connectivity index (χ4v) is 2.71. The summed E-state index contributed by atoms with van der Waals surface area (Å²) in [6.07, 6.45) is 4.32. The molecule has 1 atom stereocenters. The maximum absolute atomic E-state index is 6.00. The molecule has 2 heterocycles. The first kappa shape index (κ1) is 13.9. The number of hydrogen-bond donors (Lipinski definition) is 0. The molecule has 0 aromatic carbocycles. The van der Waals surface area contributed by atoms with Crippen LogP contribution in [0.4, 0.5) is 5.82 Å². The van der Waals surface area contributed by atoms with Crippen molar-refractivity contribution >= 4 is 29.2 Å². The highest BCUT2D eigenvalue weighted by molar-refractivity contribution is 7.98. The van der Waals surface area contributed by atoms with Crippen LogP contribution in [0.3, 0.4) is 0 Å². The number of ether oxygens (including phenoxy) is 1. The van der Waals surface area contributed by atoms with Crippen molar-refractivity contribution in [2.45, 2.75) is 18.0 Å². The van der Waals surface area contributed by atoms with Crippen molar-refractivity contribution in [1.29, 1.82) is 0 Å². The van der Waals surface area contributed by atoms with E-state index in [2.05, 4.69) is 14.9 Å². The second-order valence-corrected chi connectivity index (χ2v) is 5.66. The number of anilines is 1. The third-order valence-corrected chi connectivity index (χ3v) is 3.76. The number of halogens is 1. The van der Waals surface area contributed by atoms with E-state index < -0.39 is 0 Å². The molecule has 1 aromatic rings. The molecule has 2 rings (SSSR count). The predicted octanol–water partition coefficient (Wildman–Crippen LogP) is 2.71. The van der Waals surface area contributed by atoms with Gasteiger partial charge in [0.1, 0.15) is 11.0 Å². The molecule has 0 amide bonds. The Bertz CT molecular complexity index is 399. The van der Waals surface area contributed by atoms with Gasteiger partial charge in [0, 0.05) is 26.3 Å². The average molecular weight is 288 g/mol. The van der Waals surface area contributed by atoms with E-state index in [1.807, 2.05) is 19.4 Å². The second-order valence-electron chi connectivity index (χ2n) is 4.50. The van der Waals surface area contributed by atoms with Crippen LogP contribution in [0.15, 0.2) is 11.2 Å². The largest absolute Gasteiger partial charge is 0.381 e. The molecular weight excluding hydrogens is 270 g/mol. The molecule has 1 fully saturated rings. The van der Waals surface area contributed by atoms with Gasteiger partial charge in [0.15, 0.2) is 5.16 Å². The Hall–Kier alpha value is -0.520. The predicted molar refractivity (Wildman–Crippen MR) is 75.6 cm³/mol. The van der Waals surface area contributed by atoms with E-state index in [0.29, 0.717) is 16.2 Å². The highest BCUT2D eigenvalue weighted by Gasteiger charge is 2.17. The van der Waals surface area contributed by atoms with Crippen LogP contribution < -0.4 is 4.90 Å². The fraction of sp³-hybridized carbons (Fsp3) is 0.667. The first-order chi connectivity index (χ1) is 8.69. The van der Waals surface area contributed by atoms with Crippen LogP contribution in [0.25, 0.3) is 0 Å². The molecule has 18 heavy (non-hydrogen) atoms. The molecular formula is C12H18ClN3OS. The van der Waals surface area contributed by atoms with Crippen molar-refractivity contribution in [3.05, 3.63) is 11.2 Å². The van der Waals surface area contributed by atoms with Gasteiger partial charge in [-0.2, -0.15) is 0 Å². The molecule has 1 aliphatic heterocycles. The summed E-state index contributed by atoms with van der Waals surface area (Å²) in [7, 11) is 2.04. The van der Waals surface area contributed by atoms with Crippen LogP contribution in [-0.2, 0) is 4.74 Å². The van der Waals surface area contributed by atoms with Gasteiger partial charge in [-0.25, -0.2) is 9.97 Å². The Kier molecular flexibility index (Phi) is 5.09. The van der Waals surface area contributed by atoms with Crippen molar-refractivity contribution in [3.8, 4) is 0 Å². The molecule has 0 aliphatic carbocycles. The summed E-state index contributed by atoms with van der Waals surface area (Å²) < 4.78 is 5.50. The third kappa shape index (κ3) is 3.73. The van der Waals surface area contributed by atoms with Crippen LogP contribution in [0.1, 0.15) is 12.8 Å². The summed E-state index contributed by atoms with van der Waals surface area (Å²) >= 11 is 7.50. The highest BCUT2D eigenvalue weighted by Crippen LogP contribution is 2.22. The molecule has 100 valence electrons. The lowest BCUT2D eigenvalue weighted by molar-refractivity contribution is 0.0576. The Balaban J connectivity index is 2.02. The van der Waals surface area contributed by atoms with Gasteiger partial charge in [-0.1, -0.05) is 23.4 Å². The van der Waals surface area contributed by atoms with E-state index in [-0.39, 0.29) is 0 Å². The Morgan fingerprint density at radius 2 is 2.39 bits per heavy atom. The lowest BCUT2D eigenvalue weighted by Crippen LogP contribution is -2.31.